The lowest BCUT2D eigenvalue weighted by Gasteiger charge is -2.36. The Balaban J connectivity index is 1.48. The summed E-state index contributed by atoms with van der Waals surface area (Å²) >= 11 is 0. The fraction of sp³-hybridized carbons (Fsp3) is 0.118. The molecule has 0 saturated carbocycles. The van der Waals surface area contributed by atoms with Crippen LogP contribution in [0.5, 0.6) is 0 Å². The monoisotopic (exact) mass is 533 g/mol. The van der Waals surface area contributed by atoms with E-state index in [9.17, 15) is 0 Å². The Bertz CT molecular complexity index is 1270. The third-order valence-corrected chi connectivity index (χ3v) is 11.0. The number of benzene rings is 5. The van der Waals surface area contributed by atoms with Gasteiger partial charge in [-0.25, -0.2) is 0 Å². The van der Waals surface area contributed by atoms with Crippen LogP contribution < -0.4 is 21.2 Å². The number of hydrogen-bond donors (Lipinski definition) is 0. The van der Waals surface area contributed by atoms with Crippen molar-refractivity contribution >= 4 is 37.4 Å². The van der Waals surface area contributed by atoms with E-state index in [0.717, 1.165) is 6.42 Å². The van der Waals surface area contributed by atoms with Gasteiger partial charge in [-0.05, 0) is 29.6 Å². The zero-order chi connectivity index (χ0) is 26.0. The number of likely N-dealkylation sites (N-methyl/N-ethyl adjacent to an activating group) is 1. The molecule has 38 heavy (non-hydrogen) atoms. The van der Waals surface area contributed by atoms with Crippen molar-refractivity contribution in [2.45, 2.75) is 12.5 Å². The molecular weight excluding hydrogens is 500 g/mol. The third kappa shape index (κ3) is 6.84. The molecule has 0 radical (unpaired) electrons. The molecule has 190 valence electrons. The van der Waals surface area contributed by atoms with Crippen molar-refractivity contribution in [3.05, 3.63) is 157 Å². The Morgan fingerprint density at radius 2 is 0.895 bits per heavy atom. The average Bonchev–Trinajstić information content (AvgIpc) is 2.99. The molecule has 2 nitrogen and oxygen atoms in total. The Labute approximate surface area is 229 Å². The highest BCUT2D eigenvalue weighted by atomic mass is 31.1. The summed E-state index contributed by atoms with van der Waals surface area (Å²) in [4.78, 5) is 0. The first-order valence-electron chi connectivity index (χ1n) is 13.0. The lowest BCUT2D eigenvalue weighted by Crippen LogP contribution is -2.38. The smallest absolute Gasteiger partial charge is 0.0918 e. The van der Waals surface area contributed by atoms with Crippen LogP contribution in [0.1, 0.15) is 5.56 Å². The van der Waals surface area contributed by atoms with E-state index in [1.54, 1.807) is 0 Å². The second kappa shape index (κ2) is 13.6. The molecule has 0 N–H and O–H groups in total. The van der Waals surface area contributed by atoms with E-state index in [1.807, 2.05) is 0 Å². The summed E-state index contributed by atoms with van der Waals surface area (Å²) < 4.78 is 9.49. The van der Waals surface area contributed by atoms with Crippen molar-refractivity contribution in [1.29, 1.82) is 0 Å². The largest absolute Gasteiger partial charge is 0.348 e. The lowest BCUT2D eigenvalue weighted by molar-refractivity contribution is 0.248. The van der Waals surface area contributed by atoms with E-state index in [4.69, 9.17) is 4.52 Å². The maximum absolute atomic E-state index is 6.93. The summed E-state index contributed by atoms with van der Waals surface area (Å²) in [6, 6.07) is 54.1. The summed E-state index contributed by atoms with van der Waals surface area (Å²) in [5, 5.41) is 5.18. The van der Waals surface area contributed by atoms with Crippen LogP contribution in [0.4, 0.5) is 0 Å². The van der Waals surface area contributed by atoms with Crippen molar-refractivity contribution in [2.24, 2.45) is 0 Å². The molecule has 5 aromatic rings. The van der Waals surface area contributed by atoms with Crippen LogP contribution >= 0.6 is 16.2 Å². The molecule has 0 saturated heterocycles. The molecule has 0 spiro atoms. The molecule has 0 aliphatic heterocycles. The molecule has 0 amide bonds. The molecule has 0 aliphatic rings. The van der Waals surface area contributed by atoms with Gasteiger partial charge in [0.15, 0.2) is 0 Å². The molecule has 0 aromatic heterocycles. The highest BCUT2D eigenvalue weighted by molar-refractivity contribution is 7.70. The molecule has 1 atom stereocenters. The van der Waals surface area contributed by atoms with Gasteiger partial charge in [0.25, 0.3) is 0 Å². The summed E-state index contributed by atoms with van der Waals surface area (Å²) in [6.45, 7) is 0.638. The van der Waals surface area contributed by atoms with E-state index in [1.165, 1.54) is 26.8 Å². The minimum absolute atomic E-state index is 0.196. The zero-order valence-electron chi connectivity index (χ0n) is 21.7. The molecule has 0 fully saturated rings. The maximum atomic E-state index is 6.93. The quantitative estimate of drug-likeness (QED) is 0.177. The Morgan fingerprint density at radius 1 is 0.526 bits per heavy atom. The van der Waals surface area contributed by atoms with Gasteiger partial charge in [-0.15, -0.1) is 0 Å². The lowest BCUT2D eigenvalue weighted by atomic mass is 10.1. The second-order valence-corrected chi connectivity index (χ2v) is 13.3. The minimum atomic E-state index is -0.930. The fourth-order valence-corrected chi connectivity index (χ4v) is 8.80. The summed E-state index contributed by atoms with van der Waals surface area (Å²) in [5.74, 6) is 0. The van der Waals surface area contributed by atoms with Crippen molar-refractivity contribution in [3.8, 4) is 0 Å². The van der Waals surface area contributed by atoms with Gasteiger partial charge in [0.2, 0.25) is 0 Å². The van der Waals surface area contributed by atoms with E-state index >= 15 is 0 Å². The van der Waals surface area contributed by atoms with Crippen molar-refractivity contribution in [2.75, 3.05) is 13.7 Å². The SMILES string of the molecule is CN([C@H](COP(c1ccccc1)c1ccccc1)Cc1ccccc1)P(c1ccccc1)c1ccccc1. The summed E-state index contributed by atoms with van der Waals surface area (Å²) in [6.07, 6.45) is 0.919. The minimum Gasteiger partial charge on any atom is -0.348 e. The van der Waals surface area contributed by atoms with Crippen LogP contribution in [0.15, 0.2) is 152 Å². The van der Waals surface area contributed by atoms with Crippen LogP contribution in [0.3, 0.4) is 0 Å². The number of nitrogens with zero attached hydrogens (tertiary/aromatic N) is 1. The van der Waals surface area contributed by atoms with Crippen molar-refractivity contribution in [1.82, 2.24) is 4.67 Å². The number of hydrogen-bond acceptors (Lipinski definition) is 2. The summed E-state index contributed by atoms with van der Waals surface area (Å²) in [7, 11) is 0.617. The summed E-state index contributed by atoms with van der Waals surface area (Å²) in [5.41, 5.74) is 1.33. The van der Waals surface area contributed by atoms with E-state index < -0.39 is 16.2 Å². The molecule has 4 heteroatoms. The molecule has 0 aliphatic carbocycles. The Morgan fingerprint density at radius 3 is 1.32 bits per heavy atom. The second-order valence-electron chi connectivity index (χ2n) is 9.16. The Kier molecular flexibility index (Phi) is 9.48. The molecule has 5 aromatic carbocycles. The molecule has 5 rings (SSSR count). The van der Waals surface area contributed by atoms with Gasteiger partial charge in [-0.2, -0.15) is 0 Å². The van der Waals surface area contributed by atoms with Gasteiger partial charge >= 0.3 is 0 Å². The molecule has 0 heterocycles. The van der Waals surface area contributed by atoms with E-state index in [0.29, 0.717) is 6.61 Å². The van der Waals surface area contributed by atoms with Gasteiger partial charge in [0.1, 0.15) is 0 Å². The fourth-order valence-electron chi connectivity index (χ4n) is 4.59. The predicted molar refractivity (Wildman–Crippen MR) is 166 cm³/mol. The molecular formula is C34H33NOP2. The van der Waals surface area contributed by atoms with Crippen LogP contribution in [-0.4, -0.2) is 24.4 Å². The molecule has 0 unspecified atom stereocenters. The predicted octanol–water partition coefficient (Wildman–Crippen LogP) is 6.64. The van der Waals surface area contributed by atoms with Crippen LogP contribution in [0, 0.1) is 0 Å². The average molecular weight is 534 g/mol. The topological polar surface area (TPSA) is 12.5 Å². The third-order valence-electron chi connectivity index (χ3n) is 6.54. The maximum Gasteiger partial charge on any atom is 0.0918 e. The van der Waals surface area contributed by atoms with Crippen molar-refractivity contribution in [3.63, 3.8) is 0 Å². The highest BCUT2D eigenvalue weighted by Gasteiger charge is 2.28. The normalized spacial score (nSPS) is 12.2. The standard InChI is InChI=1S/C34H33NOP2/c1-35(37(31-19-9-3-10-20-31)32-21-11-4-12-22-32)30(27-29-17-7-2-8-18-29)28-36-38(33-23-13-5-14-24-33)34-25-15-6-16-26-34/h2-26,30H,27-28H2,1H3/t30-/m0/s1. The van der Waals surface area contributed by atoms with Gasteiger partial charge in [-0.1, -0.05) is 152 Å². The number of rotatable bonds is 11. The van der Waals surface area contributed by atoms with Gasteiger partial charge in [-0.3, -0.25) is 4.67 Å². The van der Waals surface area contributed by atoms with Crippen LogP contribution in [0.25, 0.3) is 0 Å². The first-order chi connectivity index (χ1) is 18.8. The van der Waals surface area contributed by atoms with Crippen molar-refractivity contribution < 1.29 is 4.52 Å². The van der Waals surface area contributed by atoms with Gasteiger partial charge in [0, 0.05) is 24.7 Å². The zero-order valence-corrected chi connectivity index (χ0v) is 23.5. The van der Waals surface area contributed by atoms with Crippen LogP contribution in [0.2, 0.25) is 0 Å². The first kappa shape index (κ1) is 26.5. The Hall–Kier alpha value is -3.12. The first-order valence-corrected chi connectivity index (χ1v) is 15.5. The van der Waals surface area contributed by atoms with E-state index in [-0.39, 0.29) is 6.04 Å². The van der Waals surface area contributed by atoms with Gasteiger partial charge in [0.05, 0.1) is 14.8 Å². The van der Waals surface area contributed by atoms with E-state index in [2.05, 4.69) is 163 Å². The van der Waals surface area contributed by atoms with Crippen LogP contribution in [-0.2, 0) is 10.9 Å². The molecule has 0 bridgehead atoms. The van der Waals surface area contributed by atoms with Gasteiger partial charge < -0.3 is 4.52 Å². The highest BCUT2D eigenvalue weighted by Crippen LogP contribution is 2.41.